The number of benzene rings is 1. The van der Waals surface area contributed by atoms with Crippen LogP contribution in [0.1, 0.15) is 11.1 Å². The second kappa shape index (κ2) is 5.26. The lowest BCUT2D eigenvalue weighted by molar-refractivity contribution is 0.600. The first-order valence-corrected chi connectivity index (χ1v) is 7.53. The summed E-state index contributed by atoms with van der Waals surface area (Å²) < 4.78 is 27.1. The van der Waals surface area contributed by atoms with Crippen molar-refractivity contribution in [1.29, 1.82) is 0 Å². The predicted molar refractivity (Wildman–Crippen MR) is 78.2 cm³/mol. The first-order valence-electron chi connectivity index (χ1n) is 5.66. The van der Waals surface area contributed by atoms with Gasteiger partial charge in [-0.15, -0.1) is 0 Å². The van der Waals surface area contributed by atoms with E-state index >= 15 is 0 Å². The van der Waals surface area contributed by atoms with E-state index in [1.165, 1.54) is 12.4 Å². The first kappa shape index (κ1) is 14.5. The number of anilines is 2. The van der Waals surface area contributed by atoms with Gasteiger partial charge in [-0.2, -0.15) is 0 Å². The van der Waals surface area contributed by atoms with E-state index in [-0.39, 0.29) is 15.9 Å². The van der Waals surface area contributed by atoms with Gasteiger partial charge in [-0.05, 0) is 37.1 Å². The summed E-state index contributed by atoms with van der Waals surface area (Å²) >= 11 is 5.70. The first-order chi connectivity index (χ1) is 9.29. The number of nitrogen functional groups attached to an aromatic ring is 1. The molecule has 0 atom stereocenters. The van der Waals surface area contributed by atoms with Crippen LogP contribution in [0.3, 0.4) is 0 Å². The highest BCUT2D eigenvalue weighted by molar-refractivity contribution is 7.92. The number of aryl methyl sites for hydroxylation is 1. The lowest BCUT2D eigenvalue weighted by atomic mass is 10.1. The van der Waals surface area contributed by atoms with Gasteiger partial charge < -0.3 is 5.73 Å². The van der Waals surface area contributed by atoms with E-state index in [0.717, 1.165) is 5.56 Å². The quantitative estimate of drug-likeness (QED) is 0.668. The molecule has 8 heteroatoms. The zero-order valence-electron chi connectivity index (χ0n) is 10.9. The van der Waals surface area contributed by atoms with E-state index in [4.69, 9.17) is 17.3 Å². The van der Waals surface area contributed by atoms with Gasteiger partial charge in [0, 0.05) is 11.8 Å². The van der Waals surface area contributed by atoms with Crippen LogP contribution in [0.15, 0.2) is 29.4 Å². The molecule has 3 N–H and O–H groups in total. The number of nitrogens with two attached hydrogens (primary N) is 1. The van der Waals surface area contributed by atoms with Gasteiger partial charge in [0.1, 0.15) is 17.3 Å². The molecule has 0 aliphatic carbocycles. The third kappa shape index (κ3) is 3.00. The maximum absolute atomic E-state index is 12.4. The molecule has 2 rings (SSSR count). The summed E-state index contributed by atoms with van der Waals surface area (Å²) in [6.45, 7) is 3.42. The molecule has 2 aromatic rings. The van der Waals surface area contributed by atoms with E-state index in [1.807, 2.05) is 0 Å². The van der Waals surface area contributed by atoms with Gasteiger partial charge in [0.25, 0.3) is 10.0 Å². The van der Waals surface area contributed by atoms with Crippen molar-refractivity contribution in [2.24, 2.45) is 0 Å². The van der Waals surface area contributed by atoms with Crippen molar-refractivity contribution < 1.29 is 8.42 Å². The molecule has 0 radical (unpaired) electrons. The molecule has 106 valence electrons. The Bertz CT molecular complexity index is 762. The number of nitrogens with one attached hydrogen (secondary N) is 1. The largest absolute Gasteiger partial charge is 0.398 e. The molecule has 0 unspecified atom stereocenters. The van der Waals surface area contributed by atoms with Crippen molar-refractivity contribution in [2.75, 3.05) is 10.5 Å². The highest BCUT2D eigenvalue weighted by Gasteiger charge is 2.19. The topological polar surface area (TPSA) is 98.0 Å². The van der Waals surface area contributed by atoms with Crippen LogP contribution >= 0.6 is 11.6 Å². The highest BCUT2D eigenvalue weighted by atomic mass is 35.5. The molecule has 1 heterocycles. The van der Waals surface area contributed by atoms with E-state index < -0.39 is 10.0 Å². The smallest absolute Gasteiger partial charge is 0.263 e. The summed E-state index contributed by atoms with van der Waals surface area (Å²) in [5.41, 5.74) is 7.47. The Labute approximate surface area is 122 Å². The van der Waals surface area contributed by atoms with Crippen LogP contribution in [0.5, 0.6) is 0 Å². The van der Waals surface area contributed by atoms with Crippen molar-refractivity contribution >= 4 is 33.1 Å². The molecule has 0 fully saturated rings. The van der Waals surface area contributed by atoms with Gasteiger partial charge in [0.15, 0.2) is 0 Å². The van der Waals surface area contributed by atoms with E-state index in [2.05, 4.69) is 14.7 Å². The number of sulfonamides is 1. The second-order valence-corrected chi connectivity index (χ2v) is 6.35. The molecule has 0 bridgehead atoms. The fourth-order valence-corrected chi connectivity index (χ4v) is 3.22. The minimum atomic E-state index is -3.78. The van der Waals surface area contributed by atoms with Gasteiger partial charge in [-0.1, -0.05) is 11.6 Å². The second-order valence-electron chi connectivity index (χ2n) is 4.31. The minimum absolute atomic E-state index is 0.101. The molecule has 0 spiro atoms. The number of rotatable bonds is 3. The van der Waals surface area contributed by atoms with Crippen LogP contribution in [0, 0.1) is 13.8 Å². The van der Waals surface area contributed by atoms with Crippen LogP contribution in [0.4, 0.5) is 11.5 Å². The van der Waals surface area contributed by atoms with E-state index in [1.54, 1.807) is 26.0 Å². The van der Waals surface area contributed by atoms with Gasteiger partial charge in [0.05, 0.1) is 4.90 Å². The summed E-state index contributed by atoms with van der Waals surface area (Å²) in [6, 6.07) is 4.60. The van der Waals surface area contributed by atoms with Gasteiger partial charge in [-0.25, -0.2) is 18.4 Å². The lowest BCUT2D eigenvalue weighted by Crippen LogP contribution is -2.16. The summed E-state index contributed by atoms with van der Waals surface area (Å²) in [7, 11) is -3.78. The molecule has 20 heavy (non-hydrogen) atoms. The Balaban J connectivity index is 2.46. The summed E-state index contributed by atoms with van der Waals surface area (Å²) in [6.07, 6.45) is 1.18. The van der Waals surface area contributed by atoms with Crippen LogP contribution in [-0.2, 0) is 10.0 Å². The van der Waals surface area contributed by atoms with Crippen molar-refractivity contribution in [2.45, 2.75) is 18.7 Å². The molecule has 1 aromatic heterocycles. The monoisotopic (exact) mass is 312 g/mol. The Morgan fingerprint density at radius 3 is 2.55 bits per heavy atom. The molecule has 0 amide bonds. The summed E-state index contributed by atoms with van der Waals surface area (Å²) in [4.78, 5) is 7.61. The minimum Gasteiger partial charge on any atom is -0.398 e. The molecule has 0 saturated carbocycles. The summed E-state index contributed by atoms with van der Waals surface area (Å²) in [5, 5.41) is 0.151. The molecule has 0 saturated heterocycles. The van der Waals surface area contributed by atoms with E-state index in [9.17, 15) is 8.42 Å². The maximum Gasteiger partial charge on any atom is 0.263 e. The fraction of sp³-hybridized carbons (Fsp3) is 0.167. The van der Waals surface area contributed by atoms with Crippen molar-refractivity contribution in [3.63, 3.8) is 0 Å². The third-order valence-electron chi connectivity index (χ3n) is 2.71. The Kier molecular flexibility index (Phi) is 3.82. The SMILES string of the molecule is Cc1cc(N)c(C)c(S(=O)(=O)Nc2cc(Cl)ncn2)c1. The normalized spacial score (nSPS) is 11.3. The van der Waals surface area contributed by atoms with Crippen LogP contribution in [0.2, 0.25) is 5.15 Å². The average Bonchev–Trinajstić information content (AvgIpc) is 2.33. The molecular formula is C12H13ClN4O2S. The van der Waals surface area contributed by atoms with E-state index in [0.29, 0.717) is 11.3 Å². The van der Waals surface area contributed by atoms with Crippen LogP contribution < -0.4 is 10.5 Å². The van der Waals surface area contributed by atoms with Gasteiger partial charge in [0.2, 0.25) is 0 Å². The molecule has 0 aliphatic rings. The molecular weight excluding hydrogens is 300 g/mol. The van der Waals surface area contributed by atoms with Crippen molar-refractivity contribution in [3.05, 3.63) is 40.8 Å². The fourth-order valence-electron chi connectivity index (χ4n) is 1.71. The van der Waals surface area contributed by atoms with Gasteiger partial charge in [-0.3, -0.25) is 4.72 Å². The van der Waals surface area contributed by atoms with Crippen LogP contribution in [-0.4, -0.2) is 18.4 Å². The Hall–Kier alpha value is -1.86. The number of hydrogen-bond donors (Lipinski definition) is 2. The number of nitrogens with zero attached hydrogens (tertiary/aromatic N) is 2. The Morgan fingerprint density at radius 2 is 1.90 bits per heavy atom. The van der Waals surface area contributed by atoms with Crippen LogP contribution in [0.25, 0.3) is 0 Å². The molecule has 1 aromatic carbocycles. The van der Waals surface area contributed by atoms with Gasteiger partial charge >= 0.3 is 0 Å². The third-order valence-corrected chi connectivity index (χ3v) is 4.39. The zero-order valence-corrected chi connectivity index (χ0v) is 12.5. The lowest BCUT2D eigenvalue weighted by Gasteiger charge is -2.12. The maximum atomic E-state index is 12.4. The highest BCUT2D eigenvalue weighted by Crippen LogP contribution is 2.24. The standard InChI is InChI=1S/C12H13ClN4O2S/c1-7-3-9(14)8(2)10(4-7)20(18,19)17-12-5-11(13)15-6-16-12/h3-6H,14H2,1-2H3,(H,15,16,17). The average molecular weight is 313 g/mol. The zero-order chi connectivity index (χ0) is 14.9. The van der Waals surface area contributed by atoms with Crippen molar-refractivity contribution in [1.82, 2.24) is 9.97 Å². The Morgan fingerprint density at radius 1 is 1.20 bits per heavy atom. The summed E-state index contributed by atoms with van der Waals surface area (Å²) in [5.74, 6) is 0.101. The number of aromatic nitrogens is 2. The molecule has 6 nitrogen and oxygen atoms in total. The molecule has 0 aliphatic heterocycles. The number of halogens is 1. The predicted octanol–water partition coefficient (Wildman–Crippen LogP) is 2.13. The number of hydrogen-bond acceptors (Lipinski definition) is 5. The van der Waals surface area contributed by atoms with Crippen molar-refractivity contribution in [3.8, 4) is 0 Å².